The molecule has 1 amide bonds. The van der Waals surface area contributed by atoms with Crippen LogP contribution >= 0.6 is 22.9 Å². The Morgan fingerprint density at radius 1 is 1.30 bits per heavy atom. The Labute approximate surface area is 165 Å². The van der Waals surface area contributed by atoms with Gasteiger partial charge in [-0.3, -0.25) is 4.79 Å². The molecular weight excluding hydrogens is 380 g/mol. The molecule has 2 N–H and O–H groups in total. The molecule has 0 aliphatic heterocycles. The number of halogens is 1. The summed E-state index contributed by atoms with van der Waals surface area (Å²) in [4.78, 5) is 24.5. The molecule has 0 saturated heterocycles. The zero-order valence-electron chi connectivity index (χ0n) is 14.6. The van der Waals surface area contributed by atoms with Crippen LogP contribution < -0.4 is 5.32 Å². The molecule has 27 heavy (non-hydrogen) atoms. The molecule has 2 heterocycles. The van der Waals surface area contributed by atoms with Crippen molar-refractivity contribution in [2.24, 2.45) is 0 Å². The van der Waals surface area contributed by atoms with Crippen LogP contribution in [-0.2, 0) is 4.79 Å². The minimum atomic E-state index is -0.0403. The highest BCUT2D eigenvalue weighted by atomic mass is 35.5. The highest BCUT2D eigenvalue weighted by Crippen LogP contribution is 2.25. The van der Waals surface area contributed by atoms with Crippen molar-refractivity contribution < 1.29 is 4.79 Å². The van der Waals surface area contributed by atoms with Crippen LogP contribution in [0.25, 0.3) is 21.9 Å². The Balaban J connectivity index is 1.47. The van der Waals surface area contributed by atoms with Gasteiger partial charge < -0.3 is 10.3 Å². The molecule has 0 fully saturated rings. The zero-order valence-corrected chi connectivity index (χ0v) is 16.1. The third-order valence-electron chi connectivity index (χ3n) is 4.31. The summed E-state index contributed by atoms with van der Waals surface area (Å²) in [5.74, 6) is 0.774. The largest absolute Gasteiger partial charge is 0.336 e. The zero-order chi connectivity index (χ0) is 18.8. The van der Waals surface area contributed by atoms with Gasteiger partial charge in [0.05, 0.1) is 11.0 Å². The number of aromatic amines is 1. The van der Waals surface area contributed by atoms with Crippen molar-refractivity contribution in [3.63, 3.8) is 0 Å². The number of fused-ring (bicyclic) bond motifs is 1. The first kappa shape index (κ1) is 17.7. The first-order chi connectivity index (χ1) is 13.1. The van der Waals surface area contributed by atoms with Crippen molar-refractivity contribution in [3.8, 4) is 10.8 Å². The normalized spacial score (nSPS) is 12.2. The van der Waals surface area contributed by atoms with Crippen molar-refractivity contribution in [1.82, 2.24) is 15.0 Å². The van der Waals surface area contributed by atoms with Crippen LogP contribution in [0.5, 0.6) is 0 Å². The minimum absolute atomic E-state index is 0.0403. The van der Waals surface area contributed by atoms with Crippen LogP contribution in [0.4, 0.5) is 5.69 Å². The first-order valence-corrected chi connectivity index (χ1v) is 9.79. The number of imidazole rings is 1. The highest BCUT2D eigenvalue weighted by Gasteiger charge is 2.13. The molecule has 7 heteroatoms. The molecule has 0 aliphatic rings. The molecule has 0 aliphatic carbocycles. The van der Waals surface area contributed by atoms with Gasteiger partial charge in [0.15, 0.2) is 10.8 Å². The van der Waals surface area contributed by atoms with Crippen LogP contribution in [0.15, 0.2) is 54.0 Å². The Bertz CT molecular complexity index is 1090. The van der Waals surface area contributed by atoms with Gasteiger partial charge in [0.1, 0.15) is 0 Å². The van der Waals surface area contributed by atoms with Gasteiger partial charge in [0, 0.05) is 28.7 Å². The lowest BCUT2D eigenvalue weighted by Gasteiger charge is -2.12. The van der Waals surface area contributed by atoms with E-state index in [1.807, 2.05) is 54.8 Å². The fourth-order valence-electron chi connectivity index (χ4n) is 2.95. The Hall–Kier alpha value is -2.70. The summed E-state index contributed by atoms with van der Waals surface area (Å²) in [6, 6.07) is 13.3. The van der Waals surface area contributed by atoms with E-state index in [9.17, 15) is 4.79 Å². The van der Waals surface area contributed by atoms with E-state index in [2.05, 4.69) is 20.3 Å². The first-order valence-electron chi connectivity index (χ1n) is 8.53. The minimum Gasteiger partial charge on any atom is -0.336 e. The maximum Gasteiger partial charge on any atom is 0.224 e. The maximum atomic E-state index is 12.4. The number of aromatic nitrogens is 3. The molecule has 136 valence electrons. The third kappa shape index (κ3) is 4.02. The van der Waals surface area contributed by atoms with E-state index < -0.39 is 0 Å². The topological polar surface area (TPSA) is 70.7 Å². The van der Waals surface area contributed by atoms with E-state index in [0.29, 0.717) is 11.4 Å². The lowest BCUT2D eigenvalue weighted by molar-refractivity contribution is -0.116. The van der Waals surface area contributed by atoms with Crippen molar-refractivity contribution in [2.75, 3.05) is 5.32 Å². The predicted octanol–water partition coefficient (Wildman–Crippen LogP) is 5.47. The van der Waals surface area contributed by atoms with Gasteiger partial charge in [-0.25, -0.2) is 9.97 Å². The number of H-pyrrole nitrogens is 1. The molecule has 1 unspecified atom stereocenters. The molecule has 0 bridgehead atoms. The lowest BCUT2D eigenvalue weighted by Crippen LogP contribution is -2.14. The second-order valence-corrected chi connectivity index (χ2v) is 7.69. The molecule has 0 radical (unpaired) electrons. The van der Waals surface area contributed by atoms with E-state index in [1.165, 1.54) is 11.3 Å². The molecule has 5 nitrogen and oxygen atoms in total. The molecule has 0 saturated carbocycles. The molecule has 4 rings (SSSR count). The summed E-state index contributed by atoms with van der Waals surface area (Å²) >= 11 is 7.56. The van der Waals surface area contributed by atoms with Gasteiger partial charge in [-0.15, -0.1) is 11.3 Å². The van der Waals surface area contributed by atoms with Crippen LogP contribution in [-0.4, -0.2) is 20.9 Å². The number of anilines is 1. The summed E-state index contributed by atoms with van der Waals surface area (Å²) in [5.41, 5.74) is 3.49. The summed E-state index contributed by atoms with van der Waals surface area (Å²) in [6.07, 6.45) is 2.13. The van der Waals surface area contributed by atoms with E-state index in [1.54, 1.807) is 6.20 Å². The smallest absolute Gasteiger partial charge is 0.224 e. The van der Waals surface area contributed by atoms with Gasteiger partial charge in [0.2, 0.25) is 5.91 Å². The summed E-state index contributed by atoms with van der Waals surface area (Å²) in [5, 5.41) is 6.39. The van der Waals surface area contributed by atoms with Crippen LogP contribution in [0.3, 0.4) is 0 Å². The maximum absolute atomic E-state index is 12.4. The number of carbonyl (C=O) groups excluding carboxylic acids is 1. The molecule has 4 aromatic rings. The van der Waals surface area contributed by atoms with E-state index in [-0.39, 0.29) is 11.8 Å². The third-order valence-corrected chi connectivity index (χ3v) is 5.32. The van der Waals surface area contributed by atoms with E-state index in [0.717, 1.165) is 33.1 Å². The van der Waals surface area contributed by atoms with Gasteiger partial charge in [0.25, 0.3) is 0 Å². The number of rotatable bonds is 5. The van der Waals surface area contributed by atoms with Crippen molar-refractivity contribution in [1.29, 1.82) is 0 Å². The SMILES string of the molecule is CC(CC(=O)Nc1ccc2nc(-c3nccs3)[nH]c2c1)c1cccc(Cl)c1. The standard InChI is InChI=1S/C20H17ClN4OS/c1-12(13-3-2-4-14(21)10-13)9-18(26)23-15-5-6-16-17(11-15)25-19(24-16)20-22-7-8-27-20/h2-8,10-12H,9H2,1H3,(H,23,26)(H,24,25). The van der Waals surface area contributed by atoms with Crippen LogP contribution in [0, 0.1) is 0 Å². The van der Waals surface area contributed by atoms with Crippen LogP contribution in [0.2, 0.25) is 5.02 Å². The van der Waals surface area contributed by atoms with Gasteiger partial charge >= 0.3 is 0 Å². The summed E-state index contributed by atoms with van der Waals surface area (Å²) in [6.45, 7) is 2.02. The number of thiazole rings is 1. The Kier molecular flexibility index (Phi) is 4.92. The fourth-order valence-corrected chi connectivity index (χ4v) is 3.73. The quantitative estimate of drug-likeness (QED) is 0.469. The Morgan fingerprint density at radius 3 is 2.96 bits per heavy atom. The van der Waals surface area contributed by atoms with Crippen molar-refractivity contribution in [2.45, 2.75) is 19.3 Å². The molecule has 2 aromatic carbocycles. The number of nitrogens with one attached hydrogen (secondary N) is 2. The second kappa shape index (κ2) is 7.50. The average Bonchev–Trinajstić information content (AvgIpc) is 3.30. The number of nitrogens with zero attached hydrogens (tertiary/aromatic N) is 2. The monoisotopic (exact) mass is 396 g/mol. The van der Waals surface area contributed by atoms with E-state index in [4.69, 9.17) is 11.6 Å². The number of carbonyl (C=O) groups is 1. The molecule has 0 spiro atoms. The molecule has 1 atom stereocenters. The number of amides is 1. The number of benzene rings is 2. The number of hydrogen-bond donors (Lipinski definition) is 2. The van der Waals surface area contributed by atoms with Crippen molar-refractivity contribution in [3.05, 3.63) is 64.6 Å². The predicted molar refractivity (Wildman–Crippen MR) is 110 cm³/mol. The highest BCUT2D eigenvalue weighted by molar-refractivity contribution is 7.13. The molecular formula is C20H17ClN4OS. The van der Waals surface area contributed by atoms with Crippen molar-refractivity contribution >= 4 is 45.6 Å². The summed E-state index contributed by atoms with van der Waals surface area (Å²) in [7, 11) is 0. The van der Waals surface area contributed by atoms with Gasteiger partial charge in [-0.1, -0.05) is 30.7 Å². The average molecular weight is 397 g/mol. The summed E-state index contributed by atoms with van der Waals surface area (Å²) < 4.78 is 0. The van der Waals surface area contributed by atoms with Gasteiger partial charge in [-0.2, -0.15) is 0 Å². The van der Waals surface area contributed by atoms with Gasteiger partial charge in [-0.05, 0) is 41.8 Å². The fraction of sp³-hybridized carbons (Fsp3) is 0.150. The molecule has 2 aromatic heterocycles. The lowest BCUT2D eigenvalue weighted by atomic mass is 9.97. The Morgan fingerprint density at radius 2 is 2.19 bits per heavy atom. The second-order valence-electron chi connectivity index (χ2n) is 6.36. The number of hydrogen-bond acceptors (Lipinski definition) is 4. The van der Waals surface area contributed by atoms with Crippen LogP contribution in [0.1, 0.15) is 24.8 Å². The van der Waals surface area contributed by atoms with E-state index >= 15 is 0 Å².